The number of rotatable bonds is 14. The molecule has 0 aromatic heterocycles. The molecule has 0 aliphatic carbocycles. The van der Waals surface area contributed by atoms with Gasteiger partial charge in [-0.25, -0.2) is 9.59 Å². The Balaban J connectivity index is 1.60. The van der Waals surface area contributed by atoms with Gasteiger partial charge in [-0.3, -0.25) is 4.79 Å². The highest BCUT2D eigenvalue weighted by atomic mass is 16.6. The Bertz CT molecular complexity index is 1230. The van der Waals surface area contributed by atoms with Crippen LogP contribution in [0.1, 0.15) is 28.4 Å². The zero-order chi connectivity index (χ0) is 28.1. The summed E-state index contributed by atoms with van der Waals surface area (Å²) in [5.74, 6) is -0.670. The van der Waals surface area contributed by atoms with Crippen molar-refractivity contribution in [1.82, 2.24) is 0 Å². The molecule has 0 fully saturated rings. The van der Waals surface area contributed by atoms with E-state index in [0.29, 0.717) is 18.1 Å². The van der Waals surface area contributed by atoms with Crippen LogP contribution in [0.5, 0.6) is 11.5 Å². The smallest absolute Gasteiger partial charge is 0.404 e. The van der Waals surface area contributed by atoms with Gasteiger partial charge in [-0.1, -0.05) is 60.7 Å². The fraction of sp³-hybridized carbons (Fsp3) is 0.276. The van der Waals surface area contributed by atoms with Gasteiger partial charge in [0.05, 0.1) is 12.2 Å². The van der Waals surface area contributed by atoms with Gasteiger partial charge in [0, 0.05) is 0 Å². The topological polar surface area (TPSA) is 144 Å². The predicted molar refractivity (Wildman–Crippen MR) is 140 cm³/mol. The second kappa shape index (κ2) is 14.4. The van der Waals surface area contributed by atoms with E-state index >= 15 is 0 Å². The molecule has 3 rings (SSSR count). The summed E-state index contributed by atoms with van der Waals surface area (Å²) in [4.78, 5) is 35.7. The minimum atomic E-state index is -1.50. The number of nitrogens with two attached hydrogens (primary N) is 1. The number of benzene rings is 3. The zero-order valence-corrected chi connectivity index (χ0v) is 21.5. The summed E-state index contributed by atoms with van der Waals surface area (Å²) in [6, 6.07) is 23.9. The number of esters is 2. The molecule has 3 aromatic rings. The summed E-state index contributed by atoms with van der Waals surface area (Å²) in [6.07, 6.45) is -1.08. The van der Waals surface area contributed by atoms with Gasteiger partial charge in [0.25, 0.3) is 0 Å². The van der Waals surface area contributed by atoms with Crippen LogP contribution in [-0.2, 0) is 32.2 Å². The number of aliphatic hydroxyl groups excluding tert-OH is 1. The first-order chi connectivity index (χ1) is 18.8. The van der Waals surface area contributed by atoms with Gasteiger partial charge >= 0.3 is 18.0 Å². The van der Waals surface area contributed by atoms with E-state index in [1.54, 1.807) is 12.1 Å². The number of primary amides is 1. The third-order valence-electron chi connectivity index (χ3n) is 5.58. The highest BCUT2D eigenvalue weighted by Crippen LogP contribution is 2.30. The third-order valence-corrected chi connectivity index (χ3v) is 5.58. The molecule has 3 aromatic carbocycles. The van der Waals surface area contributed by atoms with Crippen LogP contribution in [0.2, 0.25) is 0 Å². The maximum absolute atomic E-state index is 12.7. The van der Waals surface area contributed by atoms with Gasteiger partial charge in [-0.2, -0.15) is 0 Å². The first-order valence-electron chi connectivity index (χ1n) is 12.2. The number of carbonyl (C=O) groups excluding carboxylic acids is 3. The van der Waals surface area contributed by atoms with E-state index in [0.717, 1.165) is 11.1 Å². The van der Waals surface area contributed by atoms with Crippen LogP contribution in [0, 0.1) is 5.41 Å². The minimum absolute atomic E-state index is 0.214. The average Bonchev–Trinajstić information content (AvgIpc) is 2.96. The summed E-state index contributed by atoms with van der Waals surface area (Å²) >= 11 is 0. The average molecular weight is 538 g/mol. The van der Waals surface area contributed by atoms with Crippen molar-refractivity contribution in [3.8, 4) is 11.5 Å². The molecule has 39 heavy (non-hydrogen) atoms. The summed E-state index contributed by atoms with van der Waals surface area (Å²) in [5.41, 5.74) is 5.54. The summed E-state index contributed by atoms with van der Waals surface area (Å²) in [5, 5.41) is 9.49. The molecule has 0 aliphatic heterocycles. The maximum Gasteiger partial charge on any atom is 0.404 e. The lowest BCUT2D eigenvalue weighted by atomic mass is 9.93. The van der Waals surface area contributed by atoms with Crippen molar-refractivity contribution in [3.63, 3.8) is 0 Å². The number of carbonyl (C=O) groups is 3. The number of amides is 1. The van der Waals surface area contributed by atoms with E-state index in [2.05, 4.69) is 4.74 Å². The van der Waals surface area contributed by atoms with Crippen LogP contribution < -0.4 is 15.2 Å². The molecule has 0 aliphatic rings. The predicted octanol–water partition coefficient (Wildman–Crippen LogP) is 3.64. The van der Waals surface area contributed by atoms with E-state index in [-0.39, 0.29) is 25.4 Å². The lowest BCUT2D eigenvalue weighted by Crippen LogP contribution is -2.40. The lowest BCUT2D eigenvalue weighted by molar-refractivity contribution is -0.161. The van der Waals surface area contributed by atoms with Crippen molar-refractivity contribution in [2.45, 2.75) is 20.1 Å². The van der Waals surface area contributed by atoms with E-state index in [1.807, 2.05) is 60.7 Å². The van der Waals surface area contributed by atoms with Gasteiger partial charge in [-0.05, 0) is 36.2 Å². The second-order valence-corrected chi connectivity index (χ2v) is 8.81. The number of aliphatic hydroxyl groups is 1. The molecular formula is C29H31NO9. The van der Waals surface area contributed by atoms with Gasteiger partial charge in [0.2, 0.25) is 0 Å². The van der Waals surface area contributed by atoms with Gasteiger partial charge < -0.3 is 34.5 Å². The Kier molecular flexibility index (Phi) is 10.7. The second-order valence-electron chi connectivity index (χ2n) is 8.81. The lowest BCUT2D eigenvalue weighted by Gasteiger charge is -2.23. The van der Waals surface area contributed by atoms with Crippen LogP contribution in [-0.4, -0.2) is 49.6 Å². The van der Waals surface area contributed by atoms with Crippen LogP contribution >= 0.6 is 0 Å². The normalized spacial score (nSPS) is 12.1. The van der Waals surface area contributed by atoms with E-state index < -0.39 is 36.7 Å². The highest BCUT2D eigenvalue weighted by Gasteiger charge is 2.36. The van der Waals surface area contributed by atoms with E-state index in [9.17, 15) is 19.5 Å². The fourth-order valence-electron chi connectivity index (χ4n) is 3.26. The molecule has 0 spiro atoms. The molecule has 206 valence electrons. The number of hydrogen-bond acceptors (Lipinski definition) is 9. The Morgan fingerprint density at radius 1 is 0.769 bits per heavy atom. The standard InChI is InChI=1S/C29H31NO9/c1-29(19-31,20-39-28(30)34)27(33)36-15-14-35-26(32)23-12-13-24(37-17-21-8-4-2-5-9-21)25(16-23)38-18-22-10-6-3-7-11-22/h2-13,16,31H,14-15,17-20H2,1H3,(H2,30,34). The zero-order valence-electron chi connectivity index (χ0n) is 21.5. The summed E-state index contributed by atoms with van der Waals surface area (Å²) < 4.78 is 26.8. The molecule has 0 bridgehead atoms. The minimum Gasteiger partial charge on any atom is -0.485 e. The number of ether oxygens (including phenoxy) is 5. The number of hydrogen-bond donors (Lipinski definition) is 2. The molecule has 1 atom stereocenters. The molecule has 10 nitrogen and oxygen atoms in total. The fourth-order valence-corrected chi connectivity index (χ4v) is 3.26. The summed E-state index contributed by atoms with van der Waals surface area (Å²) in [6.45, 7) is 0.324. The molecule has 3 N–H and O–H groups in total. The molecule has 1 amide bonds. The van der Waals surface area contributed by atoms with Crippen molar-refractivity contribution in [2.24, 2.45) is 11.1 Å². The Morgan fingerprint density at radius 2 is 1.33 bits per heavy atom. The van der Waals surface area contributed by atoms with E-state index in [1.165, 1.54) is 13.0 Å². The van der Waals surface area contributed by atoms with Gasteiger partial charge in [0.15, 0.2) is 11.5 Å². The van der Waals surface area contributed by atoms with Crippen LogP contribution in [0.4, 0.5) is 4.79 Å². The van der Waals surface area contributed by atoms with Crippen molar-refractivity contribution >= 4 is 18.0 Å². The molecular weight excluding hydrogens is 506 g/mol. The molecule has 0 radical (unpaired) electrons. The molecule has 10 heteroatoms. The van der Waals surface area contributed by atoms with Crippen molar-refractivity contribution in [3.05, 3.63) is 95.6 Å². The van der Waals surface area contributed by atoms with E-state index in [4.69, 9.17) is 24.7 Å². The monoisotopic (exact) mass is 537 g/mol. The van der Waals surface area contributed by atoms with Crippen molar-refractivity contribution in [1.29, 1.82) is 0 Å². The van der Waals surface area contributed by atoms with Gasteiger partial charge in [0.1, 0.15) is 38.4 Å². The quantitative estimate of drug-likeness (QED) is 0.179. The SMILES string of the molecule is CC(CO)(COC(N)=O)C(=O)OCCOC(=O)c1ccc(OCc2ccccc2)c(OCc2ccccc2)c1. The van der Waals surface area contributed by atoms with Crippen LogP contribution in [0.3, 0.4) is 0 Å². The Morgan fingerprint density at radius 3 is 1.90 bits per heavy atom. The Hall–Kier alpha value is -4.57. The molecule has 0 saturated heterocycles. The first kappa shape index (κ1) is 29.0. The molecule has 0 heterocycles. The third kappa shape index (κ3) is 9.04. The maximum atomic E-state index is 12.7. The molecule has 1 unspecified atom stereocenters. The first-order valence-corrected chi connectivity index (χ1v) is 12.2. The Labute approximate surface area is 226 Å². The van der Waals surface area contributed by atoms with Crippen LogP contribution in [0.15, 0.2) is 78.9 Å². The largest absolute Gasteiger partial charge is 0.485 e. The summed E-state index contributed by atoms with van der Waals surface area (Å²) in [7, 11) is 0. The van der Waals surface area contributed by atoms with Crippen molar-refractivity contribution in [2.75, 3.05) is 26.4 Å². The highest BCUT2D eigenvalue weighted by molar-refractivity contribution is 5.90. The van der Waals surface area contributed by atoms with Crippen LogP contribution in [0.25, 0.3) is 0 Å². The van der Waals surface area contributed by atoms with Crippen molar-refractivity contribution < 1.29 is 43.2 Å². The molecule has 0 saturated carbocycles. The van der Waals surface area contributed by atoms with Gasteiger partial charge in [-0.15, -0.1) is 0 Å².